The van der Waals surface area contributed by atoms with Gasteiger partial charge in [0.25, 0.3) is 0 Å². The Hall–Kier alpha value is -1.10. The lowest BCUT2D eigenvalue weighted by atomic mass is 9.81. The Bertz CT molecular complexity index is 329. The molecule has 0 spiro atoms. The number of unbranched alkanes of at least 4 members (excludes halogenated alkanes) is 4. The summed E-state index contributed by atoms with van der Waals surface area (Å²) in [7, 11) is 0. The molecule has 2 unspecified atom stereocenters. The number of rotatable bonds is 11. The molecule has 2 atom stereocenters. The van der Waals surface area contributed by atoms with Gasteiger partial charge in [-0.3, -0.25) is 9.59 Å². The molecule has 1 fully saturated rings. The number of carboxylic acid groups (broad SMARTS) is 1. The van der Waals surface area contributed by atoms with Crippen molar-refractivity contribution in [2.45, 2.75) is 64.7 Å². The molecule has 0 bridgehead atoms. The average Bonchev–Trinajstić information content (AvgIpc) is 2.53. The van der Waals surface area contributed by atoms with E-state index >= 15 is 0 Å². The largest absolute Gasteiger partial charge is 0.481 e. The molecule has 128 valence electrons. The lowest BCUT2D eigenvalue weighted by Crippen LogP contribution is -2.29. The van der Waals surface area contributed by atoms with Crippen molar-refractivity contribution in [1.82, 2.24) is 0 Å². The Balaban J connectivity index is 2.02. The van der Waals surface area contributed by atoms with Gasteiger partial charge in [-0.05, 0) is 25.7 Å². The predicted octanol–water partition coefficient (Wildman–Crippen LogP) is 3.41. The summed E-state index contributed by atoms with van der Waals surface area (Å²) in [6.07, 6.45) is 8.60. The molecule has 1 rings (SSSR count). The molecule has 5 nitrogen and oxygen atoms in total. The summed E-state index contributed by atoms with van der Waals surface area (Å²) in [4.78, 5) is 22.9. The highest BCUT2D eigenvalue weighted by molar-refractivity contribution is 5.75. The van der Waals surface area contributed by atoms with Crippen LogP contribution in [-0.2, 0) is 19.1 Å². The molecular formula is C17H30O5. The summed E-state index contributed by atoms with van der Waals surface area (Å²) in [5.41, 5.74) is 0. The molecule has 0 radical (unpaired) electrons. The molecule has 22 heavy (non-hydrogen) atoms. The van der Waals surface area contributed by atoms with E-state index in [1.54, 1.807) is 0 Å². The minimum atomic E-state index is -0.802. The normalized spacial score (nSPS) is 21.5. The standard InChI is InChI=1S/C17H30O5/c1-2-3-4-5-6-10-21-11-12-22-17(20)15-9-7-8-14(13-15)16(18)19/h14-15H,2-13H2,1H3,(H,18,19). The highest BCUT2D eigenvalue weighted by Gasteiger charge is 2.31. The van der Waals surface area contributed by atoms with Crippen LogP contribution in [0.15, 0.2) is 0 Å². The third-order valence-electron chi connectivity index (χ3n) is 4.22. The minimum absolute atomic E-state index is 0.260. The smallest absolute Gasteiger partial charge is 0.309 e. The maximum Gasteiger partial charge on any atom is 0.309 e. The Morgan fingerprint density at radius 3 is 2.45 bits per heavy atom. The third-order valence-corrected chi connectivity index (χ3v) is 4.22. The van der Waals surface area contributed by atoms with Gasteiger partial charge in [-0.15, -0.1) is 0 Å². The van der Waals surface area contributed by atoms with E-state index in [0.717, 1.165) is 19.3 Å². The van der Waals surface area contributed by atoms with E-state index in [0.29, 0.717) is 26.1 Å². The predicted molar refractivity (Wildman–Crippen MR) is 83.6 cm³/mol. The fraction of sp³-hybridized carbons (Fsp3) is 0.882. The summed E-state index contributed by atoms with van der Waals surface area (Å²) in [6, 6.07) is 0. The van der Waals surface area contributed by atoms with Crippen molar-refractivity contribution < 1.29 is 24.2 Å². The minimum Gasteiger partial charge on any atom is -0.481 e. The Labute approximate surface area is 133 Å². The molecular weight excluding hydrogens is 284 g/mol. The third kappa shape index (κ3) is 7.78. The van der Waals surface area contributed by atoms with E-state index in [2.05, 4.69) is 6.92 Å². The first-order valence-electron chi connectivity index (χ1n) is 8.62. The molecule has 1 N–H and O–H groups in total. The van der Waals surface area contributed by atoms with Crippen LogP contribution in [0.5, 0.6) is 0 Å². The number of hydrogen-bond donors (Lipinski definition) is 1. The van der Waals surface area contributed by atoms with Crippen molar-refractivity contribution in [3.63, 3.8) is 0 Å². The van der Waals surface area contributed by atoms with Crippen molar-refractivity contribution in [2.24, 2.45) is 11.8 Å². The van der Waals surface area contributed by atoms with Gasteiger partial charge in [0.1, 0.15) is 6.61 Å². The molecule has 1 aliphatic carbocycles. The van der Waals surface area contributed by atoms with E-state index in [9.17, 15) is 9.59 Å². The second kappa shape index (κ2) is 11.5. The maximum atomic E-state index is 11.9. The molecule has 0 amide bonds. The van der Waals surface area contributed by atoms with Gasteiger partial charge in [0.15, 0.2) is 0 Å². The van der Waals surface area contributed by atoms with Gasteiger partial charge in [0, 0.05) is 6.61 Å². The van der Waals surface area contributed by atoms with Gasteiger partial charge in [0.2, 0.25) is 0 Å². The molecule has 0 heterocycles. The van der Waals surface area contributed by atoms with E-state index in [4.69, 9.17) is 14.6 Å². The summed E-state index contributed by atoms with van der Waals surface area (Å²) in [5, 5.41) is 9.02. The zero-order chi connectivity index (χ0) is 16.2. The molecule has 0 aromatic heterocycles. The lowest BCUT2D eigenvalue weighted by Gasteiger charge is -2.24. The van der Waals surface area contributed by atoms with Crippen molar-refractivity contribution in [1.29, 1.82) is 0 Å². The first kappa shape index (κ1) is 18.9. The lowest BCUT2D eigenvalue weighted by molar-refractivity contribution is -0.153. The molecule has 0 saturated heterocycles. The van der Waals surface area contributed by atoms with Gasteiger partial charge >= 0.3 is 11.9 Å². The summed E-state index contributed by atoms with van der Waals surface area (Å²) in [6.45, 7) is 3.60. The fourth-order valence-corrected chi connectivity index (χ4v) is 2.86. The molecule has 1 aliphatic rings. The van der Waals surface area contributed by atoms with Crippen LogP contribution in [0.4, 0.5) is 0 Å². The number of carbonyl (C=O) groups is 2. The van der Waals surface area contributed by atoms with E-state index in [-0.39, 0.29) is 18.5 Å². The number of hydrogen-bond acceptors (Lipinski definition) is 4. The van der Waals surface area contributed by atoms with Crippen LogP contribution < -0.4 is 0 Å². The second-order valence-corrected chi connectivity index (χ2v) is 6.09. The van der Waals surface area contributed by atoms with Crippen LogP contribution >= 0.6 is 0 Å². The van der Waals surface area contributed by atoms with Gasteiger partial charge in [-0.25, -0.2) is 0 Å². The van der Waals surface area contributed by atoms with E-state index < -0.39 is 11.9 Å². The summed E-state index contributed by atoms with van der Waals surface area (Å²) in [5.74, 6) is -1.73. The van der Waals surface area contributed by atoms with Crippen molar-refractivity contribution in [2.75, 3.05) is 19.8 Å². The van der Waals surface area contributed by atoms with Crippen LogP contribution in [0.2, 0.25) is 0 Å². The van der Waals surface area contributed by atoms with Gasteiger partial charge in [-0.1, -0.05) is 39.0 Å². The monoisotopic (exact) mass is 314 g/mol. The number of esters is 1. The SMILES string of the molecule is CCCCCCCOCCOC(=O)C1CCCC(C(=O)O)C1. The molecule has 5 heteroatoms. The van der Waals surface area contributed by atoms with E-state index in [1.807, 2.05) is 0 Å². The molecule has 0 aliphatic heterocycles. The highest BCUT2D eigenvalue weighted by Crippen LogP contribution is 2.29. The summed E-state index contributed by atoms with van der Waals surface area (Å²) >= 11 is 0. The quantitative estimate of drug-likeness (QED) is 0.467. The van der Waals surface area contributed by atoms with Crippen LogP contribution in [0, 0.1) is 11.8 Å². The first-order valence-corrected chi connectivity index (χ1v) is 8.62. The van der Waals surface area contributed by atoms with Gasteiger partial charge in [0.05, 0.1) is 18.4 Å². The Kier molecular flexibility index (Phi) is 9.87. The molecule has 0 aromatic rings. The average molecular weight is 314 g/mol. The zero-order valence-electron chi connectivity index (χ0n) is 13.7. The number of carboxylic acids is 1. The number of ether oxygens (including phenoxy) is 2. The van der Waals surface area contributed by atoms with Crippen LogP contribution in [0.25, 0.3) is 0 Å². The molecule has 0 aromatic carbocycles. The Morgan fingerprint density at radius 1 is 1.00 bits per heavy atom. The second-order valence-electron chi connectivity index (χ2n) is 6.09. The zero-order valence-corrected chi connectivity index (χ0v) is 13.7. The van der Waals surface area contributed by atoms with Crippen LogP contribution in [0.1, 0.15) is 64.7 Å². The van der Waals surface area contributed by atoms with E-state index in [1.165, 1.54) is 25.7 Å². The topological polar surface area (TPSA) is 72.8 Å². The molecule has 1 saturated carbocycles. The number of aliphatic carboxylic acids is 1. The van der Waals surface area contributed by atoms with Crippen molar-refractivity contribution in [3.05, 3.63) is 0 Å². The Morgan fingerprint density at radius 2 is 1.73 bits per heavy atom. The first-order chi connectivity index (χ1) is 10.6. The van der Waals surface area contributed by atoms with Gasteiger partial charge < -0.3 is 14.6 Å². The summed E-state index contributed by atoms with van der Waals surface area (Å²) < 4.78 is 10.6. The van der Waals surface area contributed by atoms with Crippen molar-refractivity contribution in [3.8, 4) is 0 Å². The van der Waals surface area contributed by atoms with Crippen molar-refractivity contribution >= 4 is 11.9 Å². The number of carbonyl (C=O) groups excluding carboxylic acids is 1. The maximum absolute atomic E-state index is 11.9. The van der Waals surface area contributed by atoms with Crippen LogP contribution in [-0.4, -0.2) is 36.9 Å². The highest BCUT2D eigenvalue weighted by atomic mass is 16.6. The van der Waals surface area contributed by atoms with Crippen LogP contribution in [0.3, 0.4) is 0 Å². The van der Waals surface area contributed by atoms with Gasteiger partial charge in [-0.2, -0.15) is 0 Å². The fourth-order valence-electron chi connectivity index (χ4n) is 2.86.